The average molecular weight is 386 g/mol. The maximum Gasteiger partial charge on any atom is 0.282 e. The van der Waals surface area contributed by atoms with E-state index >= 15 is 0 Å². The number of hydrogen-bond acceptors (Lipinski definition) is 4. The van der Waals surface area contributed by atoms with Crippen LogP contribution in [0, 0.1) is 0 Å². The Balaban J connectivity index is 1.78. The van der Waals surface area contributed by atoms with Crippen LogP contribution in [0.1, 0.15) is 16.8 Å². The lowest BCUT2D eigenvalue weighted by Gasteiger charge is -2.24. The quantitative estimate of drug-likeness (QED) is 0.680. The summed E-state index contributed by atoms with van der Waals surface area (Å²) in [5, 5.41) is 4.76. The highest BCUT2D eigenvalue weighted by Crippen LogP contribution is 2.33. The van der Waals surface area contributed by atoms with Crippen molar-refractivity contribution >= 4 is 10.2 Å². The van der Waals surface area contributed by atoms with Crippen LogP contribution >= 0.6 is 0 Å². The predicted molar refractivity (Wildman–Crippen MR) is 102 cm³/mol. The van der Waals surface area contributed by atoms with E-state index in [2.05, 4.69) is 4.98 Å². The van der Waals surface area contributed by atoms with Crippen molar-refractivity contribution in [2.75, 3.05) is 14.1 Å². The Bertz CT molecular complexity index is 1070. The minimum absolute atomic E-state index is 0.289. The van der Waals surface area contributed by atoms with Gasteiger partial charge in [0, 0.05) is 69.3 Å². The SMILES string of the molecule is CN(C)S(=O)(=O)N1Cc2cn(Cc3cccnc3)nc2-c2ccn(C)c2C1. The molecule has 3 aromatic rings. The monoisotopic (exact) mass is 386 g/mol. The lowest BCUT2D eigenvalue weighted by atomic mass is 10.1. The molecule has 0 aromatic carbocycles. The van der Waals surface area contributed by atoms with Gasteiger partial charge in [-0.2, -0.15) is 22.1 Å². The molecule has 3 aromatic heterocycles. The summed E-state index contributed by atoms with van der Waals surface area (Å²) < 4.78 is 32.1. The highest BCUT2D eigenvalue weighted by molar-refractivity contribution is 7.86. The zero-order valence-corrected chi connectivity index (χ0v) is 16.4. The molecule has 0 radical (unpaired) electrons. The maximum atomic E-state index is 12.8. The van der Waals surface area contributed by atoms with Crippen molar-refractivity contribution in [2.45, 2.75) is 19.6 Å². The molecule has 1 aliphatic heterocycles. The van der Waals surface area contributed by atoms with E-state index in [0.29, 0.717) is 13.1 Å². The summed E-state index contributed by atoms with van der Waals surface area (Å²) >= 11 is 0. The van der Waals surface area contributed by atoms with E-state index in [4.69, 9.17) is 5.10 Å². The van der Waals surface area contributed by atoms with Crippen LogP contribution < -0.4 is 0 Å². The van der Waals surface area contributed by atoms with E-state index in [0.717, 1.165) is 28.1 Å². The van der Waals surface area contributed by atoms with Crippen LogP contribution in [0.5, 0.6) is 0 Å². The van der Waals surface area contributed by atoms with Gasteiger partial charge in [0.25, 0.3) is 10.2 Å². The summed E-state index contributed by atoms with van der Waals surface area (Å²) in [7, 11) is 1.49. The smallest absolute Gasteiger partial charge is 0.282 e. The first-order valence-corrected chi connectivity index (χ1v) is 10.0. The minimum Gasteiger partial charge on any atom is -0.353 e. The van der Waals surface area contributed by atoms with Crippen LogP contribution in [0.4, 0.5) is 0 Å². The molecule has 0 N–H and O–H groups in total. The van der Waals surface area contributed by atoms with Gasteiger partial charge in [-0.1, -0.05) is 6.07 Å². The Morgan fingerprint density at radius 1 is 1.22 bits per heavy atom. The van der Waals surface area contributed by atoms with E-state index < -0.39 is 10.2 Å². The molecule has 0 aliphatic carbocycles. The van der Waals surface area contributed by atoms with E-state index in [9.17, 15) is 8.42 Å². The molecule has 0 unspecified atom stereocenters. The van der Waals surface area contributed by atoms with Crippen molar-refractivity contribution in [3.8, 4) is 11.3 Å². The molecule has 8 nitrogen and oxygen atoms in total. The maximum absolute atomic E-state index is 12.8. The Morgan fingerprint density at radius 2 is 2.04 bits per heavy atom. The third-order valence-corrected chi connectivity index (χ3v) is 6.66. The third-order valence-electron chi connectivity index (χ3n) is 4.82. The molecule has 1 aliphatic rings. The van der Waals surface area contributed by atoms with E-state index in [1.54, 1.807) is 20.3 Å². The fourth-order valence-corrected chi connectivity index (χ4v) is 4.40. The summed E-state index contributed by atoms with van der Waals surface area (Å²) in [6.45, 7) is 1.19. The van der Waals surface area contributed by atoms with Crippen molar-refractivity contribution < 1.29 is 8.42 Å². The van der Waals surface area contributed by atoms with Crippen molar-refractivity contribution in [3.05, 3.63) is 59.8 Å². The van der Waals surface area contributed by atoms with Gasteiger partial charge in [-0.15, -0.1) is 0 Å². The van der Waals surface area contributed by atoms with Gasteiger partial charge in [0.1, 0.15) is 0 Å². The van der Waals surface area contributed by atoms with Gasteiger partial charge in [0.15, 0.2) is 0 Å². The highest BCUT2D eigenvalue weighted by atomic mass is 32.2. The second-order valence-electron chi connectivity index (χ2n) is 6.91. The molecule has 4 heterocycles. The van der Waals surface area contributed by atoms with Crippen LogP contribution in [0.3, 0.4) is 0 Å². The van der Waals surface area contributed by atoms with Gasteiger partial charge in [-0.05, 0) is 17.7 Å². The first-order chi connectivity index (χ1) is 12.9. The first kappa shape index (κ1) is 17.9. The van der Waals surface area contributed by atoms with E-state index in [1.807, 2.05) is 53.1 Å². The Labute approximate surface area is 158 Å². The zero-order valence-electron chi connectivity index (χ0n) is 15.6. The van der Waals surface area contributed by atoms with Gasteiger partial charge >= 0.3 is 0 Å². The van der Waals surface area contributed by atoms with Crippen LogP contribution in [-0.2, 0) is 36.9 Å². The molecule has 4 rings (SSSR count). The number of fused-ring (bicyclic) bond motifs is 3. The summed E-state index contributed by atoms with van der Waals surface area (Å²) in [6, 6.07) is 5.89. The molecule has 142 valence electrons. The Kier molecular flexibility index (Phi) is 4.37. The summed E-state index contributed by atoms with van der Waals surface area (Å²) in [5.41, 5.74) is 4.70. The number of nitrogens with zero attached hydrogens (tertiary/aromatic N) is 6. The zero-order chi connectivity index (χ0) is 19.2. The molecule has 0 atom stereocenters. The van der Waals surface area contributed by atoms with Crippen LogP contribution in [0.25, 0.3) is 11.3 Å². The van der Waals surface area contributed by atoms with E-state index in [-0.39, 0.29) is 6.54 Å². The number of pyridine rings is 1. The average Bonchev–Trinajstić information content (AvgIpc) is 3.14. The van der Waals surface area contributed by atoms with Crippen LogP contribution in [0.2, 0.25) is 0 Å². The second-order valence-corrected chi connectivity index (χ2v) is 9.05. The van der Waals surface area contributed by atoms with Crippen LogP contribution in [0.15, 0.2) is 43.0 Å². The second kappa shape index (κ2) is 6.59. The fourth-order valence-electron chi connectivity index (χ4n) is 3.35. The molecule has 0 fully saturated rings. The summed E-state index contributed by atoms with van der Waals surface area (Å²) in [5.74, 6) is 0. The van der Waals surface area contributed by atoms with Gasteiger partial charge in [0.05, 0.1) is 18.8 Å². The number of rotatable bonds is 4. The normalized spacial score (nSPS) is 14.8. The first-order valence-electron chi connectivity index (χ1n) is 8.63. The molecular weight excluding hydrogens is 364 g/mol. The lowest BCUT2D eigenvalue weighted by Crippen LogP contribution is -2.39. The van der Waals surface area contributed by atoms with Crippen molar-refractivity contribution in [2.24, 2.45) is 7.05 Å². The van der Waals surface area contributed by atoms with Crippen molar-refractivity contribution in [3.63, 3.8) is 0 Å². The number of aromatic nitrogens is 4. The third kappa shape index (κ3) is 3.18. The largest absolute Gasteiger partial charge is 0.353 e. The molecule has 0 bridgehead atoms. The lowest BCUT2D eigenvalue weighted by molar-refractivity contribution is 0.361. The van der Waals surface area contributed by atoms with E-state index in [1.165, 1.54) is 8.61 Å². The molecule has 0 saturated carbocycles. The summed E-state index contributed by atoms with van der Waals surface area (Å²) in [4.78, 5) is 4.14. The minimum atomic E-state index is -3.55. The molecule has 27 heavy (non-hydrogen) atoms. The van der Waals surface area contributed by atoms with Crippen molar-refractivity contribution in [1.82, 2.24) is 27.9 Å². The van der Waals surface area contributed by atoms with Gasteiger partial charge in [-0.3, -0.25) is 9.67 Å². The molecular formula is C18H22N6O2S. The van der Waals surface area contributed by atoms with Gasteiger partial charge in [-0.25, -0.2) is 0 Å². The summed E-state index contributed by atoms with van der Waals surface area (Å²) in [6.07, 6.45) is 7.43. The van der Waals surface area contributed by atoms with Crippen LogP contribution in [-0.4, -0.2) is 50.5 Å². The molecule has 9 heteroatoms. The fraction of sp³-hybridized carbons (Fsp3) is 0.333. The predicted octanol–water partition coefficient (Wildman–Crippen LogP) is 1.45. The van der Waals surface area contributed by atoms with Gasteiger partial charge < -0.3 is 4.57 Å². The van der Waals surface area contributed by atoms with Crippen molar-refractivity contribution in [1.29, 1.82) is 0 Å². The highest BCUT2D eigenvalue weighted by Gasteiger charge is 2.32. The Morgan fingerprint density at radius 3 is 2.74 bits per heavy atom. The number of hydrogen-bond donors (Lipinski definition) is 0. The molecule has 0 amide bonds. The Hall–Kier alpha value is -2.49. The molecule has 0 saturated heterocycles. The topological polar surface area (TPSA) is 76.3 Å². The standard InChI is InChI=1S/C18H22N6O2S/c1-21(2)27(25,26)24-12-15-11-23(10-14-5-4-7-19-9-14)20-18(15)16-6-8-22(3)17(16)13-24/h4-9,11H,10,12-13H2,1-3H3. The molecule has 0 spiro atoms. The number of aryl methyl sites for hydroxylation is 1. The van der Waals surface area contributed by atoms with Gasteiger partial charge in [0.2, 0.25) is 0 Å².